The van der Waals surface area contributed by atoms with Gasteiger partial charge in [0.15, 0.2) is 5.78 Å². The molecule has 3 fully saturated rings. The van der Waals surface area contributed by atoms with Crippen molar-refractivity contribution in [2.24, 2.45) is 39.7 Å². The average Bonchev–Trinajstić information content (AvgIpc) is 3.23. The van der Waals surface area contributed by atoms with Crippen molar-refractivity contribution in [3.63, 3.8) is 0 Å². The molecule has 0 unspecified atom stereocenters. The van der Waals surface area contributed by atoms with Crippen LogP contribution in [0.15, 0.2) is 16.8 Å². The summed E-state index contributed by atoms with van der Waals surface area (Å²) in [7, 11) is 1.67. The number of rotatable bonds is 6. The second-order valence-electron chi connectivity index (χ2n) is 14.9. The smallest absolute Gasteiger partial charge is 0.436 e. The van der Waals surface area contributed by atoms with Crippen molar-refractivity contribution in [1.29, 1.82) is 0 Å². The van der Waals surface area contributed by atoms with Crippen molar-refractivity contribution in [3.8, 4) is 0 Å². The highest BCUT2D eigenvalue weighted by atomic mass is 16.7. The molecule has 8 nitrogen and oxygen atoms in total. The van der Waals surface area contributed by atoms with E-state index in [0.29, 0.717) is 49.0 Å². The third-order valence-corrected chi connectivity index (χ3v) is 11.0. The Kier molecular flexibility index (Phi) is 9.02. The number of carbonyl (C=O) groups excluding carboxylic acids is 3. The van der Waals surface area contributed by atoms with Gasteiger partial charge >= 0.3 is 12.2 Å². The van der Waals surface area contributed by atoms with E-state index in [0.717, 1.165) is 31.4 Å². The van der Waals surface area contributed by atoms with E-state index in [9.17, 15) is 14.4 Å². The lowest BCUT2D eigenvalue weighted by atomic mass is 9.46. The molecule has 6 atom stereocenters. The second-order valence-corrected chi connectivity index (χ2v) is 14.9. The van der Waals surface area contributed by atoms with Gasteiger partial charge in [0, 0.05) is 38.5 Å². The maximum absolute atomic E-state index is 13.1. The summed E-state index contributed by atoms with van der Waals surface area (Å²) in [5.74, 6) is 2.58. The van der Waals surface area contributed by atoms with Crippen LogP contribution in [0.2, 0.25) is 0 Å². The molecule has 2 amide bonds. The van der Waals surface area contributed by atoms with Crippen molar-refractivity contribution in [2.45, 2.75) is 118 Å². The summed E-state index contributed by atoms with van der Waals surface area (Å²) in [5, 5.41) is 4.42. The molecule has 230 valence electrons. The molecule has 41 heavy (non-hydrogen) atoms. The SMILES string of the molecule is C/C(=N\OC(=O)N(CCN(C)C(=O)OC(C)(C)C)C(C)C)[C@H]1CC[C@H]2[C@@H]3CCC4=CC(=O)CC[C@]4(C)[C@H]3CC[C@]12C. The van der Waals surface area contributed by atoms with Gasteiger partial charge in [-0.05, 0) is 121 Å². The van der Waals surface area contributed by atoms with Gasteiger partial charge in [-0.2, -0.15) is 0 Å². The van der Waals surface area contributed by atoms with Crippen LogP contribution in [-0.2, 0) is 14.4 Å². The highest BCUT2D eigenvalue weighted by Gasteiger charge is 2.59. The Morgan fingerprint density at radius 1 is 1.02 bits per heavy atom. The molecular weight excluding hydrogens is 518 g/mol. The number of amides is 2. The molecule has 0 spiro atoms. The van der Waals surface area contributed by atoms with Gasteiger partial charge in [0.1, 0.15) is 5.60 Å². The van der Waals surface area contributed by atoms with Gasteiger partial charge in [0.25, 0.3) is 0 Å². The molecule has 3 saturated carbocycles. The lowest BCUT2D eigenvalue weighted by Gasteiger charge is -2.58. The van der Waals surface area contributed by atoms with Crippen LogP contribution in [0.1, 0.15) is 107 Å². The molecule has 0 bridgehead atoms. The van der Waals surface area contributed by atoms with Crippen LogP contribution in [0.5, 0.6) is 0 Å². The van der Waals surface area contributed by atoms with E-state index < -0.39 is 17.8 Å². The summed E-state index contributed by atoms with van der Waals surface area (Å²) in [5.41, 5.74) is 2.06. The number of hydrogen-bond acceptors (Lipinski definition) is 6. The molecule has 4 aliphatic rings. The average molecular weight is 572 g/mol. The molecule has 4 aliphatic carbocycles. The highest BCUT2D eigenvalue weighted by Crippen LogP contribution is 2.66. The molecule has 0 saturated heterocycles. The number of oxime groups is 1. The first-order valence-electron chi connectivity index (χ1n) is 15.8. The van der Waals surface area contributed by atoms with Gasteiger partial charge in [-0.15, -0.1) is 0 Å². The van der Waals surface area contributed by atoms with Crippen molar-refractivity contribution in [1.82, 2.24) is 9.80 Å². The summed E-state index contributed by atoms with van der Waals surface area (Å²) in [6, 6.07) is -0.101. The summed E-state index contributed by atoms with van der Waals surface area (Å²) in [6.45, 7) is 16.9. The molecule has 0 aliphatic heterocycles. The Balaban J connectivity index is 1.39. The molecule has 0 aromatic heterocycles. The van der Waals surface area contributed by atoms with Gasteiger partial charge < -0.3 is 14.5 Å². The second kappa shape index (κ2) is 11.7. The zero-order chi connectivity index (χ0) is 30.3. The fourth-order valence-electron chi connectivity index (χ4n) is 8.72. The van der Waals surface area contributed by atoms with E-state index in [1.807, 2.05) is 47.6 Å². The van der Waals surface area contributed by atoms with E-state index >= 15 is 0 Å². The van der Waals surface area contributed by atoms with Gasteiger partial charge in [-0.25, -0.2) is 9.59 Å². The summed E-state index contributed by atoms with van der Waals surface area (Å²) in [6.07, 6.45) is 9.59. The number of fused-ring (bicyclic) bond motifs is 5. The number of hydrogen-bond donors (Lipinski definition) is 0. The molecule has 0 heterocycles. The zero-order valence-corrected chi connectivity index (χ0v) is 26.9. The topological polar surface area (TPSA) is 88.5 Å². The van der Waals surface area contributed by atoms with Crippen LogP contribution < -0.4 is 0 Å². The zero-order valence-electron chi connectivity index (χ0n) is 26.9. The number of allylic oxidation sites excluding steroid dienone is 1. The van der Waals surface area contributed by atoms with Gasteiger partial charge in [-0.1, -0.05) is 24.6 Å². The van der Waals surface area contributed by atoms with Crippen LogP contribution in [-0.4, -0.2) is 65.3 Å². The van der Waals surface area contributed by atoms with Crippen LogP contribution >= 0.6 is 0 Å². The third kappa shape index (κ3) is 6.36. The standard InChI is InChI=1S/C33H53N3O5/c1-21(2)36(19-18-35(9)29(38)40-31(4,5)6)30(39)41-34-22(3)26-12-13-27-25-11-10-23-20-24(37)14-16-32(23,7)28(25)15-17-33(26,27)8/h20-21,25-28H,10-19H2,1-9H3/b34-22+/t25-,26+,27-,28-,32-,33+/m0/s1. The van der Waals surface area contributed by atoms with Gasteiger partial charge in [0.05, 0.1) is 5.71 Å². The summed E-state index contributed by atoms with van der Waals surface area (Å²) in [4.78, 5) is 46.2. The van der Waals surface area contributed by atoms with E-state index in [1.165, 1.54) is 29.7 Å². The molecule has 0 radical (unpaired) electrons. The molecular formula is C33H53N3O5. The van der Waals surface area contributed by atoms with Crippen LogP contribution in [0.4, 0.5) is 9.59 Å². The lowest BCUT2D eigenvalue weighted by molar-refractivity contribution is -0.117. The molecule has 0 aromatic carbocycles. The number of nitrogens with zero attached hydrogens (tertiary/aromatic N) is 3. The van der Waals surface area contributed by atoms with Crippen LogP contribution in [0.3, 0.4) is 0 Å². The minimum atomic E-state index is -0.575. The molecule has 4 rings (SSSR count). The number of carbonyl (C=O) groups is 3. The minimum Gasteiger partial charge on any atom is -0.444 e. The van der Waals surface area contributed by atoms with E-state index in [-0.39, 0.29) is 16.9 Å². The van der Waals surface area contributed by atoms with Gasteiger partial charge in [0.2, 0.25) is 0 Å². The summed E-state index contributed by atoms with van der Waals surface area (Å²) < 4.78 is 5.42. The van der Waals surface area contributed by atoms with E-state index in [4.69, 9.17) is 9.57 Å². The fraction of sp³-hybridized carbons (Fsp3) is 0.818. The fourth-order valence-corrected chi connectivity index (χ4v) is 8.72. The number of ether oxygens (including phenoxy) is 1. The van der Waals surface area contributed by atoms with E-state index in [2.05, 4.69) is 19.0 Å². The molecule has 0 N–H and O–H groups in total. The Labute approximate surface area is 247 Å². The Morgan fingerprint density at radius 2 is 1.73 bits per heavy atom. The predicted molar refractivity (Wildman–Crippen MR) is 160 cm³/mol. The predicted octanol–water partition coefficient (Wildman–Crippen LogP) is 7.22. The van der Waals surface area contributed by atoms with Crippen molar-refractivity contribution >= 4 is 23.7 Å². The van der Waals surface area contributed by atoms with Gasteiger partial charge in [-0.3, -0.25) is 9.63 Å². The normalized spacial score (nSPS) is 33.4. The minimum absolute atomic E-state index is 0.101. The lowest BCUT2D eigenvalue weighted by Crippen LogP contribution is -2.51. The maximum Gasteiger partial charge on any atom is 0.436 e. The Bertz CT molecular complexity index is 1090. The third-order valence-electron chi connectivity index (χ3n) is 11.0. The molecule has 8 heteroatoms. The number of likely N-dealkylation sites (N-methyl/N-ethyl adjacent to an activating group) is 1. The van der Waals surface area contributed by atoms with Crippen LogP contribution in [0, 0.1) is 34.5 Å². The Hall–Kier alpha value is -2.38. The molecule has 0 aromatic rings. The van der Waals surface area contributed by atoms with Crippen LogP contribution in [0.25, 0.3) is 0 Å². The van der Waals surface area contributed by atoms with Crippen molar-refractivity contribution in [3.05, 3.63) is 11.6 Å². The van der Waals surface area contributed by atoms with Crippen molar-refractivity contribution < 1.29 is 24.0 Å². The van der Waals surface area contributed by atoms with E-state index in [1.54, 1.807) is 11.9 Å². The first kappa shape index (κ1) is 31.6. The summed E-state index contributed by atoms with van der Waals surface area (Å²) >= 11 is 0. The van der Waals surface area contributed by atoms with Crippen molar-refractivity contribution in [2.75, 3.05) is 20.1 Å². The number of ketones is 1. The Morgan fingerprint density at radius 3 is 2.39 bits per heavy atom. The first-order valence-corrected chi connectivity index (χ1v) is 15.8. The highest BCUT2D eigenvalue weighted by molar-refractivity contribution is 5.91. The maximum atomic E-state index is 13.1. The largest absolute Gasteiger partial charge is 0.444 e. The quantitative estimate of drug-likeness (QED) is 0.191. The first-order chi connectivity index (χ1) is 19.1. The monoisotopic (exact) mass is 571 g/mol.